The maximum atomic E-state index is 12.5. The number of carbonyl (C=O) groups is 2. The number of piperidine rings is 1. The Bertz CT molecular complexity index is 556. The number of hydrogen-bond donors (Lipinski definition) is 1. The predicted octanol–water partition coefficient (Wildman–Crippen LogP) is 2.89. The van der Waals surface area contributed by atoms with Crippen molar-refractivity contribution in [2.75, 3.05) is 13.1 Å². The van der Waals surface area contributed by atoms with Gasteiger partial charge in [0.2, 0.25) is 0 Å². The van der Waals surface area contributed by atoms with Crippen LogP contribution >= 0.6 is 11.6 Å². The Balaban J connectivity index is 2.23. The number of benzene rings is 1. The van der Waals surface area contributed by atoms with Crippen molar-refractivity contribution in [2.45, 2.75) is 26.7 Å². The zero-order chi connectivity index (χ0) is 14.9. The predicted molar refractivity (Wildman–Crippen MR) is 77.2 cm³/mol. The Morgan fingerprint density at radius 1 is 1.30 bits per heavy atom. The highest BCUT2D eigenvalue weighted by atomic mass is 35.5. The molecule has 1 heterocycles. The molecule has 0 saturated carbocycles. The van der Waals surface area contributed by atoms with E-state index in [1.54, 1.807) is 17.0 Å². The molecular weight excluding hydrogens is 278 g/mol. The summed E-state index contributed by atoms with van der Waals surface area (Å²) in [5, 5.41) is 9.73. The van der Waals surface area contributed by atoms with Crippen LogP contribution in [0.4, 0.5) is 0 Å². The van der Waals surface area contributed by atoms with Gasteiger partial charge in [0.1, 0.15) is 0 Å². The molecule has 5 heteroatoms. The molecule has 1 fully saturated rings. The van der Waals surface area contributed by atoms with Crippen molar-refractivity contribution in [3.63, 3.8) is 0 Å². The summed E-state index contributed by atoms with van der Waals surface area (Å²) in [5.74, 6) is -1.39. The zero-order valence-electron chi connectivity index (χ0n) is 11.6. The van der Waals surface area contributed by atoms with E-state index >= 15 is 0 Å². The van der Waals surface area contributed by atoms with Gasteiger partial charge < -0.3 is 10.0 Å². The van der Waals surface area contributed by atoms with Gasteiger partial charge in [-0.15, -0.1) is 0 Å². The van der Waals surface area contributed by atoms with Gasteiger partial charge in [0.05, 0.1) is 5.92 Å². The second kappa shape index (κ2) is 5.83. The van der Waals surface area contributed by atoms with Crippen molar-refractivity contribution in [1.29, 1.82) is 0 Å². The van der Waals surface area contributed by atoms with E-state index in [4.69, 9.17) is 16.7 Å². The molecule has 1 aliphatic rings. The average molecular weight is 296 g/mol. The molecule has 1 saturated heterocycles. The van der Waals surface area contributed by atoms with Gasteiger partial charge in [-0.1, -0.05) is 11.6 Å². The smallest absolute Gasteiger partial charge is 0.308 e. The van der Waals surface area contributed by atoms with Crippen molar-refractivity contribution < 1.29 is 14.7 Å². The average Bonchev–Trinajstić information content (AvgIpc) is 2.42. The highest BCUT2D eigenvalue weighted by Gasteiger charge is 2.29. The maximum absolute atomic E-state index is 12.5. The van der Waals surface area contributed by atoms with Gasteiger partial charge in [-0.2, -0.15) is 0 Å². The number of halogens is 1. The fourth-order valence-electron chi connectivity index (χ4n) is 2.54. The Kier molecular flexibility index (Phi) is 4.33. The standard InChI is InChI=1S/C15H18ClNO3/c1-9-7-13(16)10(2)6-12(9)14(18)17-5-3-4-11(8-17)15(19)20/h6-7,11H,3-5,8H2,1-2H3,(H,19,20). The van der Waals surface area contributed by atoms with Crippen molar-refractivity contribution in [3.8, 4) is 0 Å². The molecule has 1 atom stereocenters. The second-order valence-electron chi connectivity index (χ2n) is 5.34. The Morgan fingerprint density at radius 2 is 2.00 bits per heavy atom. The minimum absolute atomic E-state index is 0.104. The lowest BCUT2D eigenvalue weighted by Gasteiger charge is -2.31. The third-order valence-electron chi connectivity index (χ3n) is 3.79. The van der Waals surface area contributed by atoms with Gasteiger partial charge in [-0.3, -0.25) is 9.59 Å². The molecule has 1 amide bonds. The second-order valence-corrected chi connectivity index (χ2v) is 5.75. The molecule has 2 rings (SSSR count). The number of nitrogens with zero attached hydrogens (tertiary/aromatic N) is 1. The minimum Gasteiger partial charge on any atom is -0.481 e. The summed E-state index contributed by atoms with van der Waals surface area (Å²) in [6, 6.07) is 3.56. The minimum atomic E-state index is -0.827. The number of carboxylic acid groups (broad SMARTS) is 1. The van der Waals surface area contributed by atoms with Gasteiger partial charge in [-0.05, 0) is 49.9 Å². The number of carboxylic acids is 1. The summed E-state index contributed by atoms with van der Waals surface area (Å²) >= 11 is 6.04. The summed E-state index contributed by atoms with van der Waals surface area (Å²) < 4.78 is 0. The van der Waals surface area contributed by atoms with Crippen LogP contribution in [0.1, 0.15) is 34.3 Å². The molecule has 1 aromatic carbocycles. The van der Waals surface area contributed by atoms with Gasteiger partial charge in [0, 0.05) is 23.7 Å². The van der Waals surface area contributed by atoms with Crippen LogP contribution in [0.5, 0.6) is 0 Å². The molecule has 0 aromatic heterocycles. The number of likely N-dealkylation sites (tertiary alicyclic amines) is 1. The van der Waals surface area contributed by atoms with E-state index < -0.39 is 11.9 Å². The quantitative estimate of drug-likeness (QED) is 0.912. The topological polar surface area (TPSA) is 57.6 Å². The third kappa shape index (κ3) is 2.96. The monoisotopic (exact) mass is 295 g/mol. The van der Waals surface area contributed by atoms with Gasteiger partial charge in [0.25, 0.3) is 5.91 Å². The van der Waals surface area contributed by atoms with Crippen LogP contribution in [0.15, 0.2) is 12.1 Å². The number of rotatable bonds is 2. The zero-order valence-corrected chi connectivity index (χ0v) is 12.4. The van der Waals surface area contributed by atoms with Crippen molar-refractivity contribution in [1.82, 2.24) is 4.90 Å². The highest BCUT2D eigenvalue weighted by Crippen LogP contribution is 2.24. The maximum Gasteiger partial charge on any atom is 0.308 e. The van der Waals surface area contributed by atoms with E-state index in [0.717, 1.165) is 17.5 Å². The molecular formula is C15H18ClNO3. The van der Waals surface area contributed by atoms with Crippen molar-refractivity contribution in [2.24, 2.45) is 5.92 Å². The van der Waals surface area contributed by atoms with E-state index in [1.807, 2.05) is 13.8 Å². The molecule has 0 radical (unpaired) electrons. The Labute approximate surface area is 123 Å². The number of hydrogen-bond acceptors (Lipinski definition) is 2. The normalized spacial score (nSPS) is 18.9. The summed E-state index contributed by atoms with van der Waals surface area (Å²) in [5.41, 5.74) is 2.29. The van der Waals surface area contributed by atoms with Gasteiger partial charge in [-0.25, -0.2) is 0 Å². The van der Waals surface area contributed by atoms with E-state index in [0.29, 0.717) is 23.6 Å². The lowest BCUT2D eigenvalue weighted by molar-refractivity contribution is -0.143. The number of aliphatic carboxylic acids is 1. The van der Waals surface area contributed by atoms with Crippen LogP contribution in [-0.2, 0) is 4.79 Å². The summed E-state index contributed by atoms with van der Waals surface area (Å²) in [6.07, 6.45) is 1.37. The molecule has 20 heavy (non-hydrogen) atoms. The fraction of sp³-hybridized carbons (Fsp3) is 0.467. The van der Waals surface area contributed by atoms with Crippen LogP contribution in [0.3, 0.4) is 0 Å². The molecule has 0 bridgehead atoms. The SMILES string of the molecule is Cc1cc(C(=O)N2CCCC(C(=O)O)C2)c(C)cc1Cl. The first-order valence-electron chi connectivity index (χ1n) is 6.69. The van der Waals surface area contributed by atoms with Crippen LogP contribution in [0.2, 0.25) is 5.02 Å². The summed E-state index contributed by atoms with van der Waals surface area (Å²) in [6.45, 7) is 4.60. The van der Waals surface area contributed by atoms with E-state index in [2.05, 4.69) is 0 Å². The van der Waals surface area contributed by atoms with Crippen molar-refractivity contribution in [3.05, 3.63) is 33.8 Å². The molecule has 0 spiro atoms. The number of amides is 1. The summed E-state index contributed by atoms with van der Waals surface area (Å²) in [7, 11) is 0. The third-order valence-corrected chi connectivity index (χ3v) is 4.20. The molecule has 1 N–H and O–H groups in total. The molecule has 108 valence electrons. The first-order chi connectivity index (χ1) is 9.40. The molecule has 1 unspecified atom stereocenters. The first kappa shape index (κ1) is 14.9. The number of aryl methyl sites for hydroxylation is 2. The van der Waals surface area contributed by atoms with Crippen molar-refractivity contribution >= 4 is 23.5 Å². The Hall–Kier alpha value is -1.55. The first-order valence-corrected chi connectivity index (χ1v) is 7.06. The Morgan fingerprint density at radius 3 is 2.65 bits per heavy atom. The number of carbonyl (C=O) groups excluding carboxylic acids is 1. The van der Waals surface area contributed by atoms with E-state index in [9.17, 15) is 9.59 Å². The molecule has 1 aliphatic heterocycles. The van der Waals surface area contributed by atoms with E-state index in [-0.39, 0.29) is 12.5 Å². The van der Waals surface area contributed by atoms with Crippen LogP contribution in [-0.4, -0.2) is 35.0 Å². The molecule has 1 aromatic rings. The highest BCUT2D eigenvalue weighted by molar-refractivity contribution is 6.31. The van der Waals surface area contributed by atoms with Gasteiger partial charge in [0.15, 0.2) is 0 Å². The largest absolute Gasteiger partial charge is 0.481 e. The van der Waals surface area contributed by atoms with E-state index in [1.165, 1.54) is 0 Å². The summed E-state index contributed by atoms with van der Waals surface area (Å²) in [4.78, 5) is 25.2. The molecule has 4 nitrogen and oxygen atoms in total. The van der Waals surface area contributed by atoms with Gasteiger partial charge >= 0.3 is 5.97 Å². The van der Waals surface area contributed by atoms with Crippen LogP contribution in [0, 0.1) is 19.8 Å². The lowest BCUT2D eigenvalue weighted by atomic mass is 9.96. The fourth-order valence-corrected chi connectivity index (χ4v) is 2.76. The van der Waals surface area contributed by atoms with Crippen LogP contribution in [0.25, 0.3) is 0 Å². The van der Waals surface area contributed by atoms with Crippen LogP contribution < -0.4 is 0 Å². The lowest BCUT2D eigenvalue weighted by Crippen LogP contribution is -2.42. The molecule has 0 aliphatic carbocycles.